The molecule has 0 aromatic carbocycles. The second-order valence-electron chi connectivity index (χ2n) is 8.18. The molecule has 0 unspecified atom stereocenters. The molecule has 0 saturated carbocycles. The summed E-state index contributed by atoms with van der Waals surface area (Å²) in [5, 5.41) is 0.483. The number of fused-ring (bicyclic) bond motifs is 3. The van der Waals surface area contributed by atoms with Gasteiger partial charge in [-0.25, -0.2) is 33.1 Å². The van der Waals surface area contributed by atoms with Crippen molar-refractivity contribution in [1.82, 2.24) is 29.8 Å². The lowest BCUT2D eigenvalue weighted by Crippen LogP contribution is -2.50. The minimum atomic E-state index is -3.60. The summed E-state index contributed by atoms with van der Waals surface area (Å²) in [5.74, 6) is 0.477. The Labute approximate surface area is 173 Å². The van der Waals surface area contributed by atoms with E-state index in [1.54, 1.807) is 11.1 Å². The Hall–Kier alpha value is -3.02. The average Bonchev–Trinajstić information content (AvgIpc) is 3.14. The van der Waals surface area contributed by atoms with Crippen LogP contribution in [0.2, 0.25) is 0 Å². The molecule has 160 valence electrons. The second-order valence-corrected chi connectivity index (χ2v) is 10.1. The van der Waals surface area contributed by atoms with Crippen LogP contribution in [0.3, 0.4) is 0 Å². The molecule has 1 amide bonds. The largest absolute Gasteiger partial charge is 0.444 e. The lowest BCUT2D eigenvalue weighted by molar-refractivity contribution is 0.0240. The Morgan fingerprint density at radius 2 is 1.83 bits per heavy atom. The van der Waals surface area contributed by atoms with Crippen molar-refractivity contribution in [1.29, 1.82) is 0 Å². The summed E-state index contributed by atoms with van der Waals surface area (Å²) >= 11 is 0. The van der Waals surface area contributed by atoms with Crippen LogP contribution in [-0.2, 0) is 14.6 Å². The van der Waals surface area contributed by atoms with Crippen LogP contribution >= 0.6 is 0 Å². The predicted molar refractivity (Wildman–Crippen MR) is 110 cm³/mol. The van der Waals surface area contributed by atoms with E-state index < -0.39 is 15.4 Å². The van der Waals surface area contributed by atoms with Gasteiger partial charge in [0, 0.05) is 38.6 Å². The van der Waals surface area contributed by atoms with E-state index >= 15 is 0 Å². The summed E-state index contributed by atoms with van der Waals surface area (Å²) in [5.41, 5.74) is 0.847. The van der Waals surface area contributed by atoms with E-state index in [4.69, 9.17) is 4.74 Å². The monoisotopic (exact) mass is 433 g/mol. The maximum atomic E-state index is 12.3. The zero-order chi connectivity index (χ0) is 21.7. The van der Waals surface area contributed by atoms with Gasteiger partial charge in [-0.2, -0.15) is 0 Å². The van der Waals surface area contributed by atoms with Gasteiger partial charge >= 0.3 is 6.09 Å². The molecule has 12 heteroatoms. The first-order valence-electron chi connectivity index (χ1n) is 9.45. The Kier molecular flexibility index (Phi) is 4.76. The highest BCUT2D eigenvalue weighted by molar-refractivity contribution is 7.90. The number of piperazine rings is 1. The topological polar surface area (TPSA) is 134 Å². The Morgan fingerprint density at radius 1 is 1.13 bits per heavy atom. The van der Waals surface area contributed by atoms with Crippen molar-refractivity contribution in [2.75, 3.05) is 37.3 Å². The number of H-pyrrole nitrogens is 1. The minimum Gasteiger partial charge on any atom is -0.444 e. The van der Waals surface area contributed by atoms with E-state index in [9.17, 15) is 13.2 Å². The van der Waals surface area contributed by atoms with Crippen LogP contribution in [0.15, 0.2) is 17.7 Å². The molecule has 4 heterocycles. The first-order chi connectivity index (χ1) is 14.0. The smallest absolute Gasteiger partial charge is 0.410 e. The van der Waals surface area contributed by atoms with Crippen molar-refractivity contribution >= 4 is 43.8 Å². The molecule has 0 spiro atoms. The van der Waals surface area contributed by atoms with Crippen molar-refractivity contribution in [3.8, 4) is 0 Å². The number of nitrogens with one attached hydrogen (secondary N) is 1. The number of amides is 1. The molecule has 0 bridgehead atoms. The van der Waals surface area contributed by atoms with Gasteiger partial charge in [0.1, 0.15) is 23.3 Å². The number of sulfone groups is 1. The third kappa shape index (κ3) is 3.86. The summed E-state index contributed by atoms with van der Waals surface area (Å²) < 4.78 is 29.9. The number of rotatable bonds is 2. The minimum absolute atomic E-state index is 0.157. The first kappa shape index (κ1) is 20.3. The van der Waals surface area contributed by atoms with Gasteiger partial charge in [0.25, 0.3) is 0 Å². The molecule has 3 aromatic heterocycles. The average molecular weight is 433 g/mol. The Bertz CT molecular complexity index is 1220. The fraction of sp³-hybridized carbons (Fsp3) is 0.500. The van der Waals surface area contributed by atoms with E-state index in [-0.39, 0.29) is 11.2 Å². The number of ether oxygens (including phenoxy) is 1. The SMILES string of the molecule is CC(C)(C)OC(=O)N1CCN(c2nc(S(C)(=O)=O)[nH]c3c2cnc2ncnc23)CC1. The summed E-state index contributed by atoms with van der Waals surface area (Å²) in [7, 11) is -3.60. The maximum absolute atomic E-state index is 12.3. The molecule has 3 aromatic rings. The zero-order valence-electron chi connectivity index (χ0n) is 17.2. The van der Waals surface area contributed by atoms with Crippen LogP contribution in [0, 0.1) is 0 Å². The fourth-order valence-corrected chi connectivity index (χ4v) is 3.82. The van der Waals surface area contributed by atoms with E-state index in [0.717, 1.165) is 6.26 Å². The molecule has 0 aliphatic carbocycles. The van der Waals surface area contributed by atoms with Gasteiger partial charge in [-0.15, -0.1) is 0 Å². The number of imidazole rings is 1. The highest BCUT2D eigenvalue weighted by Crippen LogP contribution is 2.29. The van der Waals surface area contributed by atoms with Crippen LogP contribution in [0.4, 0.5) is 10.6 Å². The van der Waals surface area contributed by atoms with E-state index in [1.807, 2.05) is 25.7 Å². The zero-order valence-corrected chi connectivity index (χ0v) is 18.0. The molecule has 0 radical (unpaired) electrons. The van der Waals surface area contributed by atoms with Crippen molar-refractivity contribution in [2.24, 2.45) is 0 Å². The lowest BCUT2D eigenvalue weighted by atomic mass is 10.2. The lowest BCUT2D eigenvalue weighted by Gasteiger charge is -2.36. The highest BCUT2D eigenvalue weighted by Gasteiger charge is 2.28. The molecule has 1 aliphatic rings. The molecule has 1 N–H and O–H groups in total. The number of pyridine rings is 1. The van der Waals surface area contributed by atoms with E-state index in [0.29, 0.717) is 54.1 Å². The van der Waals surface area contributed by atoms with E-state index in [1.165, 1.54) is 6.33 Å². The van der Waals surface area contributed by atoms with Crippen LogP contribution in [0.25, 0.3) is 22.1 Å². The summed E-state index contributed by atoms with van der Waals surface area (Å²) in [4.78, 5) is 35.8. The van der Waals surface area contributed by atoms with Crippen molar-refractivity contribution < 1.29 is 17.9 Å². The first-order valence-corrected chi connectivity index (χ1v) is 11.3. The summed E-state index contributed by atoms with van der Waals surface area (Å²) in [6.45, 7) is 7.27. The number of aromatic nitrogens is 5. The molecule has 1 aliphatic heterocycles. The third-order valence-electron chi connectivity index (χ3n) is 4.66. The summed E-state index contributed by atoms with van der Waals surface area (Å²) in [6, 6.07) is 0. The predicted octanol–water partition coefficient (Wildman–Crippen LogP) is 1.36. The maximum Gasteiger partial charge on any atom is 0.410 e. The molecule has 0 atom stereocenters. The molecule has 4 rings (SSSR count). The molecular weight excluding hydrogens is 410 g/mol. The van der Waals surface area contributed by atoms with Gasteiger partial charge in [-0.1, -0.05) is 0 Å². The number of aromatic amines is 1. The number of nitrogens with zero attached hydrogens (tertiary/aromatic N) is 6. The van der Waals surface area contributed by atoms with Gasteiger partial charge in [-0.3, -0.25) is 0 Å². The molecule has 11 nitrogen and oxygen atoms in total. The van der Waals surface area contributed by atoms with Gasteiger partial charge in [-0.05, 0) is 20.8 Å². The number of carbonyl (C=O) groups excluding carboxylic acids is 1. The van der Waals surface area contributed by atoms with Crippen LogP contribution in [-0.4, -0.2) is 82.4 Å². The highest BCUT2D eigenvalue weighted by atomic mass is 32.2. The number of hydrogen-bond donors (Lipinski definition) is 1. The standard InChI is InChI=1S/C18H23N7O4S/c1-18(2,3)29-17(26)25-7-5-24(6-8-25)15-11-9-19-14-13(20-10-21-14)12(11)22-16(23-15)30(4,27)28/h9-10H,5-8H2,1-4H3,(H,22,23). The molecular formula is C18H23N7O4S. The van der Waals surface area contributed by atoms with Gasteiger partial charge < -0.3 is 19.5 Å². The quantitative estimate of drug-likeness (QED) is 0.594. The van der Waals surface area contributed by atoms with Crippen molar-refractivity contribution in [2.45, 2.75) is 31.5 Å². The number of hydrogen-bond acceptors (Lipinski definition) is 9. The number of carbonyl (C=O) groups is 1. The molecule has 1 saturated heterocycles. The second kappa shape index (κ2) is 7.04. The van der Waals surface area contributed by atoms with Crippen LogP contribution in [0.5, 0.6) is 0 Å². The normalized spacial score (nSPS) is 15.7. The molecule has 30 heavy (non-hydrogen) atoms. The summed E-state index contributed by atoms with van der Waals surface area (Å²) in [6.07, 6.45) is 3.72. The Morgan fingerprint density at radius 3 is 2.47 bits per heavy atom. The van der Waals surface area contributed by atoms with Gasteiger partial charge in [0.2, 0.25) is 15.0 Å². The van der Waals surface area contributed by atoms with E-state index in [2.05, 4.69) is 24.9 Å². The van der Waals surface area contributed by atoms with Gasteiger partial charge in [0.05, 0.1) is 10.9 Å². The van der Waals surface area contributed by atoms with Gasteiger partial charge in [0.15, 0.2) is 5.65 Å². The van der Waals surface area contributed by atoms with Crippen molar-refractivity contribution in [3.05, 3.63) is 12.5 Å². The fourth-order valence-electron chi connectivity index (χ4n) is 3.28. The molecule has 1 fully saturated rings. The Balaban J connectivity index is 1.70. The van der Waals surface area contributed by atoms with Crippen molar-refractivity contribution in [3.63, 3.8) is 0 Å². The van der Waals surface area contributed by atoms with Crippen LogP contribution < -0.4 is 4.90 Å². The number of anilines is 1. The van der Waals surface area contributed by atoms with Crippen LogP contribution in [0.1, 0.15) is 20.8 Å². The third-order valence-corrected chi connectivity index (χ3v) is 5.56.